The molecule has 0 unspecified atom stereocenters. The highest BCUT2D eigenvalue weighted by Crippen LogP contribution is 2.40. The van der Waals surface area contributed by atoms with E-state index in [4.69, 9.17) is 33.4 Å². The van der Waals surface area contributed by atoms with Gasteiger partial charge in [-0.25, -0.2) is 15.0 Å². The second kappa shape index (κ2) is 19.8. The maximum absolute atomic E-state index is 9.26. The van der Waals surface area contributed by atoms with Gasteiger partial charge in [-0.3, -0.25) is 22.8 Å². The van der Waals surface area contributed by atoms with Crippen LogP contribution in [0.4, 0.5) is 0 Å². The minimum atomic E-state index is -2.70. The van der Waals surface area contributed by atoms with Gasteiger partial charge in [-0.05, 0) is 101 Å². The zero-order valence-electron chi connectivity index (χ0n) is 58.3. The SMILES string of the molecule is [2H]c1c([2H])c([2H])c(-c2cccc(-c3c([2H])c([2H])c([2H])c([2H])c3[2H])c2-[n+]2[c-]n(-c3cccc(Oc4ccc5c6ccccc6n(-c6cc(C([2H])([2H])[2H])c(-c7nc(-n8c9ccccc9c9ccccc98)cc(-n8c9ccccc9c9ccccc98)n7)cn6)c5c4)c3)c3ccccc32)c([2H])c1[2H]. The van der Waals surface area contributed by atoms with Crippen LogP contribution in [0.1, 0.15) is 23.4 Å². The summed E-state index contributed by atoms with van der Waals surface area (Å²) in [4.78, 5) is 15.7. The molecule has 86 heavy (non-hydrogen) atoms. The summed E-state index contributed by atoms with van der Waals surface area (Å²) in [6.07, 6.45) is 5.00. The molecule has 0 bridgehead atoms. The van der Waals surface area contributed by atoms with Gasteiger partial charge < -0.3 is 4.74 Å². The summed E-state index contributed by atoms with van der Waals surface area (Å²) in [5.41, 5.74) is 6.95. The number of imidazole rings is 1. The fourth-order valence-electron chi connectivity index (χ4n) is 12.3. The van der Waals surface area contributed by atoms with Crippen molar-refractivity contribution >= 4 is 76.5 Å². The summed E-state index contributed by atoms with van der Waals surface area (Å²) in [7, 11) is 0. The van der Waals surface area contributed by atoms with E-state index in [1.54, 1.807) is 63.9 Å². The van der Waals surface area contributed by atoms with E-state index in [9.17, 15) is 4.11 Å². The highest BCUT2D eigenvalue weighted by Gasteiger charge is 2.23. The normalized spacial score (nSPS) is 14.1. The lowest BCUT2D eigenvalue weighted by Crippen LogP contribution is -2.31. The number of hydrogen-bond acceptors (Lipinski definition) is 4. The number of aryl methyl sites for hydroxylation is 1. The van der Waals surface area contributed by atoms with Crippen LogP contribution >= 0.6 is 0 Å². The molecule has 0 amide bonds. The maximum Gasteiger partial charge on any atom is 0.269 e. The van der Waals surface area contributed by atoms with Gasteiger partial charge in [-0.15, -0.1) is 0 Å². The first-order chi connectivity index (χ1) is 47.9. The van der Waals surface area contributed by atoms with Crippen LogP contribution in [0.5, 0.6) is 11.5 Å². The monoisotopic (exact) mass is 1120 g/mol. The number of aromatic nitrogens is 8. The van der Waals surface area contributed by atoms with Gasteiger partial charge in [0.15, 0.2) is 5.82 Å². The third kappa shape index (κ3) is 7.86. The second-order valence-electron chi connectivity index (χ2n) is 20.8. The highest BCUT2D eigenvalue weighted by atomic mass is 16.5. The average molecular weight is 1120 g/mol. The Kier molecular flexibility index (Phi) is 8.60. The fourth-order valence-corrected chi connectivity index (χ4v) is 12.3. The molecule has 0 spiro atoms. The van der Waals surface area contributed by atoms with Crippen LogP contribution in [0.25, 0.3) is 139 Å². The van der Waals surface area contributed by atoms with Crippen molar-refractivity contribution in [2.24, 2.45) is 0 Å². The van der Waals surface area contributed by atoms with Crippen LogP contribution in [0.2, 0.25) is 0 Å². The Bertz CT molecular complexity index is 5930. The number of benzene rings is 11. The Balaban J connectivity index is 0.799. The molecule has 0 fully saturated rings. The molecule has 11 aromatic carbocycles. The molecular weight excluding hydrogens is 1050 g/mol. The predicted molar refractivity (Wildman–Crippen MR) is 348 cm³/mol. The quantitative estimate of drug-likeness (QED) is 0.101. The Labute approximate surface area is 512 Å². The molecule has 6 heterocycles. The molecule has 0 atom stereocenters. The van der Waals surface area contributed by atoms with Gasteiger partial charge in [0, 0.05) is 60.3 Å². The summed E-state index contributed by atoms with van der Waals surface area (Å²) in [6, 6.07) is 63.3. The summed E-state index contributed by atoms with van der Waals surface area (Å²) < 4.78 is 132. The zero-order valence-corrected chi connectivity index (χ0v) is 45.3. The molecule has 404 valence electrons. The van der Waals surface area contributed by atoms with Gasteiger partial charge >= 0.3 is 0 Å². The Morgan fingerprint density at radius 3 is 1.44 bits per heavy atom. The van der Waals surface area contributed by atoms with Crippen LogP contribution in [-0.4, -0.2) is 33.2 Å². The number of fused-ring (bicyclic) bond motifs is 10. The molecule has 0 N–H and O–H groups in total. The first-order valence-corrected chi connectivity index (χ1v) is 27.8. The van der Waals surface area contributed by atoms with Crippen molar-refractivity contribution in [1.82, 2.24) is 33.2 Å². The Hall–Kier alpha value is -11.7. The van der Waals surface area contributed by atoms with Crippen molar-refractivity contribution in [3.63, 3.8) is 0 Å². The molecule has 0 radical (unpaired) electrons. The first-order valence-electron chi connectivity index (χ1n) is 34.3. The Morgan fingerprint density at radius 1 is 0.419 bits per heavy atom. The number of para-hydroxylation sites is 8. The molecule has 17 aromatic rings. The van der Waals surface area contributed by atoms with Gasteiger partial charge in [-0.2, -0.15) is 0 Å². The van der Waals surface area contributed by atoms with Crippen LogP contribution in [-0.2, 0) is 0 Å². The molecule has 0 saturated heterocycles. The smallest absolute Gasteiger partial charge is 0.269 e. The van der Waals surface area contributed by atoms with E-state index in [0.717, 1.165) is 59.9 Å². The minimum Gasteiger partial charge on any atom is -0.458 e. The van der Waals surface area contributed by atoms with E-state index < -0.39 is 67.3 Å². The predicted octanol–water partition coefficient (Wildman–Crippen LogP) is 18.3. The standard InChI is InChI=1S/C77H50N8O/c1-50-44-73(78-48-64(50)77-79-74(83-65-35-13-8-28-58(65)59-29-9-14-36-66(59)83)47-75(80-77)84-67-37-15-10-30-60(67)61-31-11-16-38-68(61)84)85-69-39-17-12-32-62(69)63-43-42-55(46-72(63)85)86-54-27-20-26-53(45-54)81-49-82(71-41-19-18-40-70(71)81)76-56(51-22-4-2-5-23-51)33-21-34-57(76)52-24-6-3-7-25-52/h2-48H,1H3/i1D3,2D,3D,4D,5D,6D,7D,22D,23D,24D,25D. The zero-order chi connectivity index (χ0) is 68.0. The second-order valence-corrected chi connectivity index (χ2v) is 20.8. The highest BCUT2D eigenvalue weighted by molar-refractivity contribution is 6.11. The van der Waals surface area contributed by atoms with Crippen molar-refractivity contribution in [1.29, 1.82) is 0 Å². The van der Waals surface area contributed by atoms with Crippen LogP contribution in [0.3, 0.4) is 0 Å². The molecule has 0 aliphatic carbocycles. The van der Waals surface area contributed by atoms with E-state index in [2.05, 4.69) is 64.0 Å². The Morgan fingerprint density at radius 2 is 0.895 bits per heavy atom. The maximum atomic E-state index is 9.26. The van der Waals surface area contributed by atoms with Gasteiger partial charge in [0.05, 0.1) is 69.2 Å². The van der Waals surface area contributed by atoms with Crippen LogP contribution in [0.15, 0.2) is 285 Å². The molecule has 0 aliphatic heterocycles. The van der Waals surface area contributed by atoms with Crippen molar-refractivity contribution in [3.8, 4) is 74.0 Å². The number of hydrogen-bond donors (Lipinski definition) is 0. The van der Waals surface area contributed by atoms with Crippen molar-refractivity contribution < 1.29 is 27.1 Å². The largest absolute Gasteiger partial charge is 0.458 e. The lowest BCUT2D eigenvalue weighted by atomic mass is 9.95. The number of nitrogens with zero attached hydrogens (tertiary/aromatic N) is 8. The first kappa shape index (κ1) is 37.4. The number of pyridine rings is 1. The van der Waals surface area contributed by atoms with Crippen LogP contribution < -0.4 is 9.30 Å². The third-order valence-electron chi connectivity index (χ3n) is 16.0. The van der Waals surface area contributed by atoms with Gasteiger partial charge in [0.2, 0.25) is 0 Å². The number of ether oxygens (including phenoxy) is 1. The van der Waals surface area contributed by atoms with Crippen molar-refractivity contribution in [2.45, 2.75) is 6.85 Å². The third-order valence-corrected chi connectivity index (χ3v) is 16.0. The summed E-state index contributed by atoms with van der Waals surface area (Å²) >= 11 is 0. The molecule has 0 saturated carbocycles. The van der Waals surface area contributed by atoms with Gasteiger partial charge in [-0.1, -0.05) is 200 Å². The molecule has 17 rings (SSSR count). The van der Waals surface area contributed by atoms with E-state index in [1.807, 2.05) is 126 Å². The minimum absolute atomic E-state index is 0.0197. The lowest BCUT2D eigenvalue weighted by molar-refractivity contribution is -0.571. The van der Waals surface area contributed by atoms with E-state index in [1.165, 1.54) is 0 Å². The summed E-state index contributed by atoms with van der Waals surface area (Å²) in [6.45, 7) is -2.70. The average Bonchev–Trinajstić information content (AvgIpc) is 1.71. The van der Waals surface area contributed by atoms with Gasteiger partial charge in [0.25, 0.3) is 6.33 Å². The summed E-state index contributed by atoms with van der Waals surface area (Å²) in [5, 5.41) is 5.84. The van der Waals surface area contributed by atoms with Crippen LogP contribution in [0, 0.1) is 13.2 Å². The van der Waals surface area contributed by atoms with E-state index >= 15 is 0 Å². The lowest BCUT2D eigenvalue weighted by Gasteiger charge is -2.17. The fraction of sp³-hybridized carbons (Fsp3) is 0.0130. The molecular formula is C77H50N8O. The van der Waals surface area contributed by atoms with Crippen molar-refractivity contribution in [2.75, 3.05) is 0 Å². The topological polar surface area (TPSA) is 71.5 Å². The number of rotatable bonds is 10. The molecule has 9 nitrogen and oxygen atoms in total. The molecule has 0 aliphatic rings. The molecule has 6 aromatic heterocycles. The summed E-state index contributed by atoms with van der Waals surface area (Å²) in [5.74, 6) is 2.37. The van der Waals surface area contributed by atoms with E-state index in [-0.39, 0.29) is 44.9 Å². The van der Waals surface area contributed by atoms with Crippen molar-refractivity contribution in [3.05, 3.63) is 297 Å². The molecule has 9 heteroatoms. The van der Waals surface area contributed by atoms with E-state index in [0.29, 0.717) is 51.2 Å². The van der Waals surface area contributed by atoms with Gasteiger partial charge in [0.1, 0.15) is 29.0 Å².